The zero-order valence-corrected chi connectivity index (χ0v) is 11.3. The van der Waals surface area contributed by atoms with E-state index in [4.69, 9.17) is 2.85 Å². The van der Waals surface area contributed by atoms with Crippen LogP contribution in [0.25, 0.3) is 0 Å². The average molecular weight is 361 g/mol. The Bertz CT molecular complexity index is 27.8. The molecule has 0 saturated heterocycles. The minimum absolute atomic E-state index is 0. The zero-order valence-electron chi connectivity index (χ0n) is 5.25. The Labute approximate surface area is 90.7 Å². The largest absolute Gasteiger partial charge is 0.147 e. The third-order valence-electron chi connectivity index (χ3n) is 0.600. The molecule has 0 heterocycles. The van der Waals surface area contributed by atoms with Gasteiger partial charge in [-0.2, -0.15) is 0 Å². The van der Waals surface area contributed by atoms with Crippen LogP contribution in [-0.4, -0.2) is 6.61 Å². The van der Waals surface area contributed by atoms with Crippen molar-refractivity contribution in [2.24, 2.45) is 0 Å². The van der Waals surface area contributed by atoms with E-state index >= 15 is 0 Å². The molecule has 0 aromatic heterocycles. The second-order valence-electron chi connectivity index (χ2n) is 1.20. The molecular formula is C4H12Cl3HfO. The molecule has 0 unspecified atom stereocenters. The van der Waals surface area contributed by atoms with Gasteiger partial charge in [-0.25, -0.2) is 0 Å². The van der Waals surface area contributed by atoms with Crippen LogP contribution in [0.4, 0.5) is 0 Å². The number of unbranched alkanes of at least 4 members (excludes halogenated alkanes) is 1. The molecule has 0 saturated carbocycles. The molecule has 0 spiro atoms. The van der Waals surface area contributed by atoms with E-state index in [1.54, 1.807) is 0 Å². The Morgan fingerprint density at radius 1 is 1.22 bits per heavy atom. The first-order valence-electron chi connectivity index (χ1n) is 2.20. The van der Waals surface area contributed by atoms with Crippen LogP contribution >= 0.6 is 37.2 Å². The normalized spacial score (nSPS) is 5.78. The number of halogens is 3. The molecule has 0 fully saturated rings. The molecule has 1 nitrogen and oxygen atoms in total. The van der Waals surface area contributed by atoms with Crippen molar-refractivity contribution in [3.63, 3.8) is 0 Å². The van der Waals surface area contributed by atoms with Crippen molar-refractivity contribution < 1.29 is 27.7 Å². The summed E-state index contributed by atoms with van der Waals surface area (Å²) in [6.07, 6.45) is 2.48. The molecule has 0 rings (SSSR count). The number of rotatable bonds is 3. The molecule has 0 atom stereocenters. The van der Waals surface area contributed by atoms with Crippen molar-refractivity contribution in [3.8, 4) is 0 Å². The first kappa shape index (κ1) is 22.4. The standard InChI is InChI=1S/C4H9O.3ClH.Hf/c1-2-3-4-5;;;;/h2-4H2,1H3;3*1H;/q-1;;;;+1. The van der Waals surface area contributed by atoms with E-state index in [9.17, 15) is 0 Å². The van der Waals surface area contributed by atoms with Crippen molar-refractivity contribution in [2.75, 3.05) is 6.61 Å². The summed E-state index contributed by atoms with van der Waals surface area (Å²) in [6, 6.07) is 0. The summed E-state index contributed by atoms with van der Waals surface area (Å²) in [6.45, 7) is 3.14. The van der Waals surface area contributed by atoms with Gasteiger partial charge in [-0.1, -0.05) is 0 Å². The fourth-order valence-electron chi connectivity index (χ4n) is 0.217. The van der Waals surface area contributed by atoms with Crippen LogP contribution < -0.4 is 0 Å². The van der Waals surface area contributed by atoms with Crippen molar-refractivity contribution in [1.29, 1.82) is 0 Å². The van der Waals surface area contributed by atoms with Crippen LogP contribution in [0.3, 0.4) is 0 Å². The molecule has 0 amide bonds. The SMILES string of the molecule is CCCC[O][Hf].Cl.Cl.Cl. The van der Waals surface area contributed by atoms with Gasteiger partial charge in [-0.05, 0) is 0 Å². The first-order valence-corrected chi connectivity index (χ1v) is 3.67. The van der Waals surface area contributed by atoms with Gasteiger partial charge in [0.2, 0.25) is 0 Å². The molecule has 0 radical (unpaired) electrons. The number of hydrogen-bond donors (Lipinski definition) is 0. The molecule has 5 heteroatoms. The van der Waals surface area contributed by atoms with Crippen LogP contribution in [0.15, 0.2) is 0 Å². The summed E-state index contributed by atoms with van der Waals surface area (Å²) in [4.78, 5) is 0. The van der Waals surface area contributed by atoms with E-state index < -0.39 is 0 Å². The maximum Gasteiger partial charge on any atom is -0.147 e. The van der Waals surface area contributed by atoms with Crippen molar-refractivity contribution in [2.45, 2.75) is 19.8 Å². The Hall–Kier alpha value is 1.70. The van der Waals surface area contributed by atoms with E-state index in [2.05, 4.69) is 6.92 Å². The molecule has 0 aliphatic rings. The summed E-state index contributed by atoms with van der Waals surface area (Å²) < 4.78 is 4.92. The van der Waals surface area contributed by atoms with Crippen LogP contribution in [0.2, 0.25) is 0 Å². The van der Waals surface area contributed by atoms with Gasteiger partial charge in [0.25, 0.3) is 0 Å². The van der Waals surface area contributed by atoms with Gasteiger partial charge in [0.05, 0.1) is 0 Å². The molecule has 59 valence electrons. The molecule has 0 aliphatic heterocycles. The first-order chi connectivity index (χ1) is 2.91. The zero-order chi connectivity index (χ0) is 4.83. The minimum Gasteiger partial charge on any atom is -0.147 e. The Morgan fingerprint density at radius 3 is 1.78 bits per heavy atom. The van der Waals surface area contributed by atoms with E-state index in [0.29, 0.717) is 0 Å². The maximum atomic E-state index is 4.92. The van der Waals surface area contributed by atoms with Crippen LogP contribution in [0.5, 0.6) is 0 Å². The smallest absolute Gasteiger partial charge is 0.147 e. The average Bonchev–Trinajstić information content (AvgIpc) is 1.61. The maximum absolute atomic E-state index is 4.92. The van der Waals surface area contributed by atoms with Gasteiger partial charge >= 0.3 is 54.0 Å². The van der Waals surface area contributed by atoms with E-state index in [0.717, 1.165) is 31.4 Å². The van der Waals surface area contributed by atoms with Crippen molar-refractivity contribution in [1.82, 2.24) is 0 Å². The molecular weight excluding hydrogens is 349 g/mol. The van der Waals surface area contributed by atoms with Gasteiger partial charge < -0.3 is 0 Å². The second kappa shape index (κ2) is 22.6. The molecule has 0 N–H and O–H groups in total. The monoisotopic (exact) mass is 361 g/mol. The van der Waals surface area contributed by atoms with Crippen LogP contribution in [0.1, 0.15) is 19.8 Å². The fraction of sp³-hybridized carbons (Fsp3) is 1.00. The van der Waals surface area contributed by atoms with Crippen molar-refractivity contribution >= 4 is 37.2 Å². The summed E-state index contributed by atoms with van der Waals surface area (Å²) in [5.74, 6) is 0. The van der Waals surface area contributed by atoms with Gasteiger partial charge in [-0.3, -0.25) is 0 Å². The summed E-state index contributed by atoms with van der Waals surface area (Å²) in [5.41, 5.74) is 0. The molecule has 9 heavy (non-hydrogen) atoms. The minimum atomic E-state index is 0. The number of hydrogen-bond acceptors (Lipinski definition) is 1. The predicted octanol–water partition coefficient (Wildman–Crippen LogP) is 2.53. The summed E-state index contributed by atoms with van der Waals surface area (Å²) in [7, 11) is 0. The van der Waals surface area contributed by atoms with E-state index in [1.165, 1.54) is 12.8 Å². The third kappa shape index (κ3) is 26.0. The molecule has 0 aromatic carbocycles. The summed E-state index contributed by atoms with van der Waals surface area (Å²) >= 11 is 0.903. The quantitative estimate of drug-likeness (QED) is 0.555. The predicted molar refractivity (Wildman–Crippen MR) is 42.6 cm³/mol. The van der Waals surface area contributed by atoms with Gasteiger partial charge in [0.1, 0.15) is 0 Å². The third-order valence-corrected chi connectivity index (χ3v) is 1.33. The second-order valence-corrected chi connectivity index (χ2v) is 2.24. The molecule has 0 aliphatic carbocycles. The fourth-order valence-corrected chi connectivity index (χ4v) is 0.735. The van der Waals surface area contributed by atoms with Crippen molar-refractivity contribution in [3.05, 3.63) is 0 Å². The Balaban J connectivity index is -0.0000000417. The van der Waals surface area contributed by atoms with Crippen LogP contribution in [0, 0.1) is 0 Å². The summed E-state index contributed by atoms with van der Waals surface area (Å²) in [5, 5.41) is 0. The van der Waals surface area contributed by atoms with Crippen LogP contribution in [-0.2, 0) is 27.7 Å². The molecule has 0 bridgehead atoms. The Morgan fingerprint density at radius 2 is 1.67 bits per heavy atom. The Kier molecular flexibility index (Phi) is 56.3. The van der Waals surface area contributed by atoms with Gasteiger partial charge in [-0.15, -0.1) is 37.2 Å². The van der Waals surface area contributed by atoms with Gasteiger partial charge in [0, 0.05) is 0 Å². The molecule has 0 aromatic rings. The van der Waals surface area contributed by atoms with E-state index in [-0.39, 0.29) is 37.2 Å². The topological polar surface area (TPSA) is 9.23 Å². The van der Waals surface area contributed by atoms with Gasteiger partial charge in [0.15, 0.2) is 0 Å². The van der Waals surface area contributed by atoms with E-state index in [1.807, 2.05) is 0 Å².